The van der Waals surface area contributed by atoms with Crippen molar-refractivity contribution in [2.45, 2.75) is 34.1 Å². The molecule has 0 fully saturated rings. The molecule has 0 saturated heterocycles. The van der Waals surface area contributed by atoms with E-state index in [4.69, 9.17) is 4.74 Å². The molecule has 1 aliphatic carbocycles. The Balaban J connectivity index is 2.78. The molecule has 0 bridgehead atoms. The first-order valence-electron chi connectivity index (χ1n) is 5.16. The summed E-state index contributed by atoms with van der Waals surface area (Å²) in [6.07, 6.45) is 3.24. The fourth-order valence-electron chi connectivity index (χ4n) is 2.33. The van der Waals surface area contributed by atoms with Crippen LogP contribution in [0.4, 0.5) is 0 Å². The van der Waals surface area contributed by atoms with Crippen LogP contribution >= 0.6 is 0 Å². The number of hydrogen-bond acceptors (Lipinski definition) is 2. The van der Waals surface area contributed by atoms with Gasteiger partial charge in [-0.2, -0.15) is 0 Å². The van der Waals surface area contributed by atoms with Gasteiger partial charge in [0.25, 0.3) is 0 Å². The minimum absolute atomic E-state index is 0.0105. The molecule has 0 aromatic rings. The standard InChI is InChI=1S/C12H20O2/c1-8-6-7-10(12(8,3)4)9(2)11(13)14-5/h6,9-10H,7H2,1-5H3. The number of ether oxygens (including phenoxy) is 1. The first-order valence-corrected chi connectivity index (χ1v) is 5.16. The topological polar surface area (TPSA) is 26.3 Å². The average Bonchev–Trinajstić information content (AvgIpc) is 2.40. The molecule has 0 aromatic carbocycles. The van der Waals surface area contributed by atoms with Gasteiger partial charge >= 0.3 is 5.97 Å². The maximum absolute atomic E-state index is 11.4. The van der Waals surface area contributed by atoms with Crippen molar-refractivity contribution in [1.29, 1.82) is 0 Å². The highest BCUT2D eigenvalue weighted by molar-refractivity contribution is 5.72. The second-order valence-corrected chi connectivity index (χ2v) is 4.76. The lowest BCUT2D eigenvalue weighted by Crippen LogP contribution is -2.31. The molecule has 0 saturated carbocycles. The molecule has 0 heterocycles. The van der Waals surface area contributed by atoms with Gasteiger partial charge in [0, 0.05) is 0 Å². The van der Waals surface area contributed by atoms with E-state index in [0.717, 1.165) is 6.42 Å². The van der Waals surface area contributed by atoms with Crippen molar-refractivity contribution in [2.75, 3.05) is 7.11 Å². The minimum atomic E-state index is -0.0915. The monoisotopic (exact) mass is 196 g/mol. The molecule has 0 radical (unpaired) electrons. The molecule has 2 heteroatoms. The Morgan fingerprint density at radius 2 is 2.21 bits per heavy atom. The first-order chi connectivity index (χ1) is 6.41. The molecule has 0 aromatic heterocycles. The van der Waals surface area contributed by atoms with Crippen LogP contribution in [0.2, 0.25) is 0 Å². The van der Waals surface area contributed by atoms with Crippen molar-refractivity contribution in [3.8, 4) is 0 Å². The number of methoxy groups -OCH3 is 1. The summed E-state index contributed by atoms with van der Waals surface area (Å²) in [6, 6.07) is 0. The summed E-state index contributed by atoms with van der Waals surface area (Å²) in [5.41, 5.74) is 1.52. The largest absolute Gasteiger partial charge is 0.469 e. The lowest BCUT2D eigenvalue weighted by atomic mass is 9.72. The van der Waals surface area contributed by atoms with Crippen molar-refractivity contribution in [3.05, 3.63) is 11.6 Å². The van der Waals surface area contributed by atoms with Crippen molar-refractivity contribution in [1.82, 2.24) is 0 Å². The van der Waals surface area contributed by atoms with Gasteiger partial charge in [-0.1, -0.05) is 32.4 Å². The molecule has 0 N–H and O–H groups in total. The van der Waals surface area contributed by atoms with Gasteiger partial charge in [-0.15, -0.1) is 0 Å². The first kappa shape index (κ1) is 11.3. The van der Waals surface area contributed by atoms with Crippen LogP contribution in [0.15, 0.2) is 11.6 Å². The Labute approximate surface area is 86.3 Å². The molecule has 1 rings (SSSR count). The third-order valence-electron chi connectivity index (χ3n) is 3.80. The van der Waals surface area contributed by atoms with Gasteiger partial charge in [-0.25, -0.2) is 0 Å². The predicted octanol–water partition coefficient (Wildman–Crippen LogP) is 2.79. The van der Waals surface area contributed by atoms with Crippen LogP contribution in [0.25, 0.3) is 0 Å². The number of carbonyl (C=O) groups is 1. The Bertz CT molecular complexity index is 263. The molecule has 0 aliphatic heterocycles. The van der Waals surface area contributed by atoms with E-state index in [1.807, 2.05) is 6.92 Å². The minimum Gasteiger partial charge on any atom is -0.469 e. The van der Waals surface area contributed by atoms with Gasteiger partial charge in [0.05, 0.1) is 13.0 Å². The molecular weight excluding hydrogens is 176 g/mol. The van der Waals surface area contributed by atoms with Crippen molar-refractivity contribution < 1.29 is 9.53 Å². The van der Waals surface area contributed by atoms with Crippen LogP contribution in [-0.2, 0) is 9.53 Å². The molecule has 2 atom stereocenters. The van der Waals surface area contributed by atoms with Crippen molar-refractivity contribution >= 4 is 5.97 Å². The van der Waals surface area contributed by atoms with Crippen LogP contribution in [0.5, 0.6) is 0 Å². The highest BCUT2D eigenvalue weighted by Crippen LogP contribution is 2.46. The Morgan fingerprint density at radius 3 is 2.57 bits per heavy atom. The summed E-state index contributed by atoms with van der Waals surface area (Å²) in [5, 5.41) is 0. The zero-order valence-electron chi connectivity index (χ0n) is 9.76. The maximum Gasteiger partial charge on any atom is 0.308 e. The van der Waals surface area contributed by atoms with E-state index in [1.54, 1.807) is 0 Å². The number of rotatable bonds is 2. The Morgan fingerprint density at radius 1 is 1.64 bits per heavy atom. The summed E-state index contributed by atoms with van der Waals surface area (Å²) < 4.78 is 4.79. The lowest BCUT2D eigenvalue weighted by molar-refractivity contribution is -0.147. The van der Waals surface area contributed by atoms with Gasteiger partial charge in [0.15, 0.2) is 0 Å². The van der Waals surface area contributed by atoms with Crippen molar-refractivity contribution in [2.24, 2.45) is 17.3 Å². The predicted molar refractivity (Wildman–Crippen MR) is 56.8 cm³/mol. The van der Waals surface area contributed by atoms with Gasteiger partial charge in [-0.05, 0) is 24.7 Å². The molecule has 0 spiro atoms. The zero-order valence-corrected chi connectivity index (χ0v) is 9.76. The number of esters is 1. The molecule has 14 heavy (non-hydrogen) atoms. The maximum atomic E-state index is 11.4. The Hall–Kier alpha value is -0.790. The zero-order chi connectivity index (χ0) is 10.9. The van der Waals surface area contributed by atoms with Crippen LogP contribution < -0.4 is 0 Å². The third-order valence-corrected chi connectivity index (χ3v) is 3.80. The van der Waals surface area contributed by atoms with E-state index < -0.39 is 0 Å². The van der Waals surface area contributed by atoms with Gasteiger partial charge in [0.1, 0.15) is 0 Å². The molecule has 2 unspecified atom stereocenters. The molecule has 80 valence electrons. The van der Waals surface area contributed by atoms with E-state index in [-0.39, 0.29) is 17.3 Å². The fraction of sp³-hybridized carbons (Fsp3) is 0.750. The van der Waals surface area contributed by atoms with E-state index in [9.17, 15) is 4.79 Å². The van der Waals surface area contributed by atoms with Crippen LogP contribution in [-0.4, -0.2) is 13.1 Å². The summed E-state index contributed by atoms with van der Waals surface area (Å²) >= 11 is 0. The van der Waals surface area contributed by atoms with Crippen LogP contribution in [0.3, 0.4) is 0 Å². The lowest BCUT2D eigenvalue weighted by Gasteiger charge is -2.32. The number of hydrogen-bond donors (Lipinski definition) is 0. The number of carbonyl (C=O) groups excluding carboxylic acids is 1. The molecule has 0 amide bonds. The van der Waals surface area contributed by atoms with E-state index in [2.05, 4.69) is 26.8 Å². The summed E-state index contributed by atoms with van der Waals surface area (Å²) in [7, 11) is 1.46. The summed E-state index contributed by atoms with van der Waals surface area (Å²) in [4.78, 5) is 11.4. The smallest absolute Gasteiger partial charge is 0.308 e. The Kier molecular flexibility index (Phi) is 3.03. The number of allylic oxidation sites excluding steroid dienone is 2. The fourth-order valence-corrected chi connectivity index (χ4v) is 2.33. The third kappa shape index (κ3) is 1.70. The van der Waals surface area contributed by atoms with Gasteiger partial charge < -0.3 is 4.74 Å². The van der Waals surface area contributed by atoms with Gasteiger partial charge in [0.2, 0.25) is 0 Å². The normalized spacial score (nSPS) is 26.9. The van der Waals surface area contributed by atoms with Crippen molar-refractivity contribution in [3.63, 3.8) is 0 Å². The highest BCUT2D eigenvalue weighted by atomic mass is 16.5. The SMILES string of the molecule is COC(=O)C(C)C1CC=C(C)C1(C)C. The highest BCUT2D eigenvalue weighted by Gasteiger charge is 2.40. The second-order valence-electron chi connectivity index (χ2n) is 4.76. The second kappa shape index (κ2) is 3.76. The van der Waals surface area contributed by atoms with E-state index in [1.165, 1.54) is 12.7 Å². The van der Waals surface area contributed by atoms with Crippen LogP contribution in [0.1, 0.15) is 34.1 Å². The van der Waals surface area contributed by atoms with E-state index in [0.29, 0.717) is 5.92 Å². The van der Waals surface area contributed by atoms with E-state index >= 15 is 0 Å². The van der Waals surface area contributed by atoms with Gasteiger partial charge in [-0.3, -0.25) is 4.79 Å². The molecule has 2 nitrogen and oxygen atoms in total. The molecular formula is C12H20O2. The van der Waals surface area contributed by atoms with Crippen LogP contribution in [0, 0.1) is 17.3 Å². The summed E-state index contributed by atoms with van der Waals surface area (Å²) in [5.74, 6) is 0.282. The quantitative estimate of drug-likeness (QED) is 0.501. The molecule has 1 aliphatic rings. The average molecular weight is 196 g/mol. The summed E-state index contributed by atoms with van der Waals surface area (Å²) in [6.45, 7) is 8.51.